The highest BCUT2D eigenvalue weighted by atomic mass is 32.1. The van der Waals surface area contributed by atoms with Gasteiger partial charge in [-0.1, -0.05) is 18.3 Å². The Morgan fingerprint density at radius 3 is 2.67 bits per heavy atom. The van der Waals surface area contributed by atoms with E-state index in [1.165, 1.54) is 18.2 Å². The molecule has 1 nitrogen and oxygen atoms in total. The van der Waals surface area contributed by atoms with E-state index < -0.39 is 12.3 Å². The summed E-state index contributed by atoms with van der Waals surface area (Å²) in [4.78, 5) is 0.129. The molecule has 1 unspecified atom stereocenters. The first-order valence-electron chi connectivity index (χ1n) is 3.27. The number of nitrogens with zero attached hydrogens (tertiary/aromatic N) is 1. The normalized spacial score (nSPS) is 22.3. The molecule has 0 aromatic carbocycles. The molecule has 0 aliphatic heterocycles. The van der Waals surface area contributed by atoms with Gasteiger partial charge < -0.3 is 0 Å². The van der Waals surface area contributed by atoms with E-state index >= 15 is 0 Å². The average molecular weight is 185 g/mol. The molecule has 0 spiro atoms. The second-order valence-corrected chi connectivity index (χ2v) is 2.78. The third-order valence-corrected chi connectivity index (χ3v) is 1.95. The van der Waals surface area contributed by atoms with E-state index in [-0.39, 0.29) is 10.4 Å². The SMILES string of the molecule is N#CC1=CC=CC(=S)C1C(F)F. The highest BCUT2D eigenvalue weighted by Crippen LogP contribution is 2.24. The van der Waals surface area contributed by atoms with Crippen LogP contribution in [0.1, 0.15) is 0 Å². The van der Waals surface area contributed by atoms with E-state index in [1.54, 1.807) is 6.07 Å². The maximum absolute atomic E-state index is 12.3. The minimum absolute atomic E-state index is 0.0394. The molecule has 1 atom stereocenters. The molecule has 12 heavy (non-hydrogen) atoms. The number of hydrogen-bond acceptors (Lipinski definition) is 2. The summed E-state index contributed by atoms with van der Waals surface area (Å²) < 4.78 is 24.6. The zero-order valence-electron chi connectivity index (χ0n) is 6.00. The van der Waals surface area contributed by atoms with Crippen LogP contribution in [0.2, 0.25) is 0 Å². The molecule has 0 radical (unpaired) electrons. The first-order valence-corrected chi connectivity index (χ1v) is 3.68. The van der Waals surface area contributed by atoms with E-state index in [1.807, 2.05) is 0 Å². The van der Waals surface area contributed by atoms with Gasteiger partial charge >= 0.3 is 0 Å². The number of halogens is 2. The summed E-state index contributed by atoms with van der Waals surface area (Å²) >= 11 is 4.69. The molecule has 0 saturated heterocycles. The van der Waals surface area contributed by atoms with Gasteiger partial charge in [0.2, 0.25) is 0 Å². The molecule has 0 saturated carbocycles. The van der Waals surface area contributed by atoms with Crippen LogP contribution in [0.5, 0.6) is 0 Å². The fourth-order valence-corrected chi connectivity index (χ4v) is 1.28. The van der Waals surface area contributed by atoms with Crippen LogP contribution in [0.25, 0.3) is 0 Å². The van der Waals surface area contributed by atoms with Gasteiger partial charge in [-0.25, -0.2) is 8.78 Å². The van der Waals surface area contributed by atoms with Crippen LogP contribution < -0.4 is 0 Å². The summed E-state index contributed by atoms with van der Waals surface area (Å²) in [5.74, 6) is -1.19. The second-order valence-electron chi connectivity index (χ2n) is 2.31. The van der Waals surface area contributed by atoms with E-state index in [0.717, 1.165) is 0 Å². The molecule has 0 aromatic rings. The van der Waals surface area contributed by atoms with Gasteiger partial charge in [0.1, 0.15) is 0 Å². The van der Waals surface area contributed by atoms with Gasteiger partial charge in [-0.15, -0.1) is 0 Å². The van der Waals surface area contributed by atoms with Gasteiger partial charge in [-0.3, -0.25) is 0 Å². The molecule has 1 aliphatic rings. The predicted molar refractivity (Wildman–Crippen MR) is 44.9 cm³/mol. The number of nitriles is 1. The van der Waals surface area contributed by atoms with Crippen molar-refractivity contribution in [2.75, 3.05) is 0 Å². The van der Waals surface area contributed by atoms with Crippen molar-refractivity contribution in [2.45, 2.75) is 6.43 Å². The van der Waals surface area contributed by atoms with Crippen molar-refractivity contribution in [2.24, 2.45) is 5.92 Å². The third kappa shape index (κ3) is 1.56. The summed E-state index contributed by atoms with van der Waals surface area (Å²) in [5, 5.41) is 8.48. The molecule has 0 N–H and O–H groups in total. The molecule has 0 amide bonds. The Bertz CT molecular complexity index is 299. The summed E-state index contributed by atoms with van der Waals surface area (Å²) in [6.07, 6.45) is 1.72. The highest BCUT2D eigenvalue weighted by Gasteiger charge is 2.28. The number of alkyl halides is 2. The van der Waals surface area contributed by atoms with Gasteiger partial charge in [0.15, 0.2) is 0 Å². The lowest BCUT2D eigenvalue weighted by Crippen LogP contribution is -2.22. The molecule has 1 rings (SSSR count). The number of thiocarbonyl (C=S) groups is 1. The molecule has 0 aromatic heterocycles. The Morgan fingerprint density at radius 2 is 2.25 bits per heavy atom. The Kier molecular flexibility index (Phi) is 2.66. The molecule has 0 bridgehead atoms. The van der Waals surface area contributed by atoms with Crippen LogP contribution in [0.15, 0.2) is 23.8 Å². The van der Waals surface area contributed by atoms with Gasteiger partial charge in [-0.05, 0) is 12.2 Å². The summed E-state index contributed by atoms with van der Waals surface area (Å²) in [5.41, 5.74) is 0.0394. The smallest absolute Gasteiger partial charge is 0.209 e. The largest absolute Gasteiger partial charge is 0.250 e. The maximum Gasteiger partial charge on any atom is 0.250 e. The first-order chi connectivity index (χ1) is 5.66. The van der Waals surface area contributed by atoms with Crippen molar-refractivity contribution in [1.29, 1.82) is 5.26 Å². The van der Waals surface area contributed by atoms with Gasteiger partial charge in [0.05, 0.1) is 12.0 Å². The molecule has 4 heteroatoms. The summed E-state index contributed by atoms with van der Waals surface area (Å²) in [6.45, 7) is 0. The quantitative estimate of drug-likeness (QED) is 0.585. The molecule has 0 fully saturated rings. The fourth-order valence-electron chi connectivity index (χ4n) is 0.974. The standard InChI is InChI=1S/C8H5F2NS/c9-8(10)7-5(4-11)2-1-3-6(7)12/h1-3,7-8H. The number of rotatable bonds is 1. The Hall–Kier alpha value is -1.08. The van der Waals surface area contributed by atoms with Crippen molar-refractivity contribution in [3.63, 3.8) is 0 Å². The van der Waals surface area contributed by atoms with Crippen molar-refractivity contribution < 1.29 is 8.78 Å². The minimum atomic E-state index is -2.59. The molecule has 1 aliphatic carbocycles. The lowest BCUT2D eigenvalue weighted by Gasteiger charge is -2.16. The van der Waals surface area contributed by atoms with Crippen LogP contribution in [0, 0.1) is 17.2 Å². The molecule has 62 valence electrons. The van der Waals surface area contributed by atoms with Crippen molar-refractivity contribution in [3.8, 4) is 6.07 Å². The van der Waals surface area contributed by atoms with Crippen LogP contribution >= 0.6 is 12.2 Å². The predicted octanol–water partition coefficient (Wildman–Crippen LogP) is 2.26. The van der Waals surface area contributed by atoms with Gasteiger partial charge in [0, 0.05) is 10.4 Å². The van der Waals surface area contributed by atoms with Crippen LogP contribution in [-0.2, 0) is 0 Å². The third-order valence-electron chi connectivity index (χ3n) is 1.56. The van der Waals surface area contributed by atoms with Crippen LogP contribution in [0.3, 0.4) is 0 Å². The van der Waals surface area contributed by atoms with E-state index in [0.29, 0.717) is 0 Å². The number of hydrogen-bond donors (Lipinski definition) is 0. The fraction of sp³-hybridized carbons (Fsp3) is 0.250. The average Bonchev–Trinajstić information content (AvgIpc) is 2.03. The minimum Gasteiger partial charge on any atom is -0.209 e. The Morgan fingerprint density at radius 1 is 1.58 bits per heavy atom. The van der Waals surface area contributed by atoms with Crippen LogP contribution in [-0.4, -0.2) is 11.3 Å². The molecular formula is C8H5F2NS. The van der Waals surface area contributed by atoms with Crippen molar-refractivity contribution in [1.82, 2.24) is 0 Å². The Labute approximate surface area is 74.0 Å². The lowest BCUT2D eigenvalue weighted by molar-refractivity contribution is 0.126. The van der Waals surface area contributed by atoms with E-state index in [2.05, 4.69) is 12.2 Å². The second kappa shape index (κ2) is 3.55. The molecular weight excluding hydrogens is 180 g/mol. The molecule has 0 heterocycles. The van der Waals surface area contributed by atoms with Crippen molar-refractivity contribution in [3.05, 3.63) is 23.8 Å². The maximum atomic E-state index is 12.3. The highest BCUT2D eigenvalue weighted by molar-refractivity contribution is 7.80. The van der Waals surface area contributed by atoms with Gasteiger partial charge in [-0.2, -0.15) is 5.26 Å². The zero-order chi connectivity index (χ0) is 9.14. The van der Waals surface area contributed by atoms with Crippen molar-refractivity contribution >= 4 is 17.1 Å². The zero-order valence-corrected chi connectivity index (χ0v) is 6.81. The first kappa shape index (κ1) is 9.01. The van der Waals surface area contributed by atoms with Gasteiger partial charge in [0.25, 0.3) is 6.43 Å². The summed E-state index contributed by atoms with van der Waals surface area (Å²) in [6, 6.07) is 1.71. The number of allylic oxidation sites excluding steroid dienone is 4. The lowest BCUT2D eigenvalue weighted by atomic mass is 9.93. The Balaban J connectivity index is 2.98. The monoisotopic (exact) mass is 185 g/mol. The van der Waals surface area contributed by atoms with Crippen LogP contribution in [0.4, 0.5) is 8.78 Å². The summed E-state index contributed by atoms with van der Waals surface area (Å²) in [7, 11) is 0. The van der Waals surface area contributed by atoms with E-state index in [9.17, 15) is 8.78 Å². The topological polar surface area (TPSA) is 23.8 Å². The van der Waals surface area contributed by atoms with E-state index in [4.69, 9.17) is 5.26 Å².